The van der Waals surface area contributed by atoms with Crippen LogP contribution in [0.15, 0.2) is 34.8 Å². The van der Waals surface area contributed by atoms with Crippen LogP contribution >= 0.6 is 39.1 Å². The first-order valence-corrected chi connectivity index (χ1v) is 6.83. The molecule has 2 N–H and O–H groups in total. The molecule has 2 aromatic carbocycles. The summed E-state index contributed by atoms with van der Waals surface area (Å²) in [6, 6.07) is 7.78. The van der Waals surface area contributed by atoms with E-state index < -0.39 is 5.82 Å². The van der Waals surface area contributed by atoms with Crippen LogP contribution in [-0.4, -0.2) is 0 Å². The van der Waals surface area contributed by atoms with Gasteiger partial charge < -0.3 is 10.5 Å². The van der Waals surface area contributed by atoms with Crippen molar-refractivity contribution in [3.05, 3.63) is 56.2 Å². The standard InChI is InChI=1S/C13H9BrCl2FNO/c14-9-4-11(16)12(17)5-13(9)19-6-7-1-2-8(18)3-10(7)15/h1-5H,6,18H2. The summed E-state index contributed by atoms with van der Waals surface area (Å²) in [4.78, 5) is 0. The van der Waals surface area contributed by atoms with Gasteiger partial charge in [0, 0.05) is 22.3 Å². The number of nitrogens with two attached hydrogens (primary N) is 1. The van der Waals surface area contributed by atoms with Crippen LogP contribution in [0.5, 0.6) is 5.75 Å². The number of nitrogen functional groups attached to an aromatic ring is 1. The summed E-state index contributed by atoms with van der Waals surface area (Å²) in [5.41, 5.74) is 6.94. The molecule has 0 bridgehead atoms. The second-order valence-corrected chi connectivity index (χ2v) is 5.50. The van der Waals surface area contributed by atoms with E-state index >= 15 is 0 Å². The van der Waals surface area contributed by atoms with Gasteiger partial charge in [0.1, 0.15) is 18.2 Å². The Hall–Kier alpha value is -0.970. The molecule has 0 aliphatic carbocycles. The third-order valence-corrected chi connectivity index (χ3v) is 3.70. The molecule has 0 amide bonds. The zero-order chi connectivity index (χ0) is 14.0. The van der Waals surface area contributed by atoms with Crippen LogP contribution in [0.3, 0.4) is 0 Å². The molecule has 0 fully saturated rings. The van der Waals surface area contributed by atoms with Crippen LogP contribution in [0.4, 0.5) is 10.1 Å². The van der Waals surface area contributed by atoms with E-state index in [4.69, 9.17) is 33.7 Å². The van der Waals surface area contributed by atoms with E-state index in [0.717, 1.165) is 5.56 Å². The van der Waals surface area contributed by atoms with Crippen LogP contribution in [0.25, 0.3) is 0 Å². The second kappa shape index (κ2) is 5.99. The summed E-state index contributed by atoms with van der Waals surface area (Å²) in [6.45, 7) is 0.207. The Morgan fingerprint density at radius 3 is 2.58 bits per heavy atom. The monoisotopic (exact) mass is 363 g/mol. The Kier molecular flexibility index (Phi) is 4.55. The van der Waals surface area contributed by atoms with Gasteiger partial charge in [-0.25, -0.2) is 4.39 Å². The molecular weight excluding hydrogens is 356 g/mol. The summed E-state index contributed by atoms with van der Waals surface area (Å²) in [5, 5.41) is 0.537. The first kappa shape index (κ1) is 14.4. The van der Waals surface area contributed by atoms with E-state index in [2.05, 4.69) is 15.9 Å². The summed E-state index contributed by atoms with van der Waals surface area (Å²) in [7, 11) is 0. The molecule has 0 heterocycles. The fourth-order valence-corrected chi connectivity index (χ4v) is 2.45. The predicted molar refractivity (Wildman–Crippen MR) is 79.3 cm³/mol. The predicted octanol–water partition coefficient (Wildman–Crippen LogP) is 5.06. The maximum Gasteiger partial charge on any atom is 0.145 e. The van der Waals surface area contributed by atoms with Gasteiger partial charge in [0.05, 0.1) is 9.50 Å². The zero-order valence-corrected chi connectivity index (χ0v) is 12.7. The maximum atomic E-state index is 13.3. The Morgan fingerprint density at radius 1 is 1.16 bits per heavy atom. The van der Waals surface area contributed by atoms with Crippen molar-refractivity contribution in [1.29, 1.82) is 0 Å². The van der Waals surface area contributed by atoms with Crippen molar-refractivity contribution in [2.24, 2.45) is 0 Å². The number of benzene rings is 2. The van der Waals surface area contributed by atoms with Crippen LogP contribution in [0, 0.1) is 5.82 Å². The molecule has 19 heavy (non-hydrogen) atoms. The largest absolute Gasteiger partial charge is 0.488 e. The summed E-state index contributed by atoms with van der Waals surface area (Å²) in [6.07, 6.45) is 0. The lowest BCUT2D eigenvalue weighted by atomic mass is 10.2. The number of rotatable bonds is 3. The molecule has 0 aromatic heterocycles. The molecule has 0 aliphatic rings. The van der Waals surface area contributed by atoms with Crippen molar-refractivity contribution < 1.29 is 9.13 Å². The number of anilines is 1. The highest BCUT2D eigenvalue weighted by molar-refractivity contribution is 9.10. The van der Waals surface area contributed by atoms with E-state index in [1.165, 1.54) is 12.1 Å². The Balaban J connectivity index is 2.16. The Labute approximate surface area is 128 Å². The van der Waals surface area contributed by atoms with E-state index in [1.54, 1.807) is 18.2 Å². The average molecular weight is 365 g/mol. The quantitative estimate of drug-likeness (QED) is 0.610. The normalized spacial score (nSPS) is 10.5. The average Bonchev–Trinajstić information content (AvgIpc) is 2.34. The van der Waals surface area contributed by atoms with Crippen molar-refractivity contribution >= 4 is 44.8 Å². The lowest BCUT2D eigenvalue weighted by molar-refractivity contribution is 0.302. The molecule has 0 saturated heterocycles. The first-order valence-electron chi connectivity index (χ1n) is 5.28. The first-order chi connectivity index (χ1) is 8.97. The molecule has 0 radical (unpaired) electrons. The smallest absolute Gasteiger partial charge is 0.145 e. The van der Waals surface area contributed by atoms with Crippen molar-refractivity contribution in [3.8, 4) is 5.75 Å². The number of hydrogen-bond donors (Lipinski definition) is 1. The van der Waals surface area contributed by atoms with Crippen LogP contribution in [0.2, 0.25) is 10.0 Å². The molecule has 6 heteroatoms. The highest BCUT2D eigenvalue weighted by atomic mass is 79.9. The van der Waals surface area contributed by atoms with Crippen molar-refractivity contribution in [1.82, 2.24) is 0 Å². The maximum absolute atomic E-state index is 13.3. The molecule has 2 rings (SSSR count). The highest BCUT2D eigenvalue weighted by Crippen LogP contribution is 2.31. The summed E-state index contributed by atoms with van der Waals surface area (Å²) >= 11 is 14.9. The van der Waals surface area contributed by atoms with Gasteiger partial charge in [0.15, 0.2) is 0 Å². The van der Waals surface area contributed by atoms with Gasteiger partial charge in [-0.3, -0.25) is 0 Å². The molecule has 0 aliphatic heterocycles. The SMILES string of the molecule is Nc1ccc(COc2cc(F)c(Cl)cc2Br)c(Cl)c1. The van der Waals surface area contributed by atoms with E-state index in [-0.39, 0.29) is 11.6 Å². The minimum Gasteiger partial charge on any atom is -0.488 e. The Morgan fingerprint density at radius 2 is 1.89 bits per heavy atom. The zero-order valence-electron chi connectivity index (χ0n) is 9.59. The van der Waals surface area contributed by atoms with Crippen LogP contribution in [0.1, 0.15) is 5.56 Å². The van der Waals surface area contributed by atoms with Gasteiger partial charge in [-0.2, -0.15) is 0 Å². The minimum atomic E-state index is -0.539. The third-order valence-electron chi connectivity index (χ3n) is 2.44. The van der Waals surface area contributed by atoms with E-state index in [1.807, 2.05) is 0 Å². The third kappa shape index (κ3) is 3.53. The van der Waals surface area contributed by atoms with Gasteiger partial charge in [-0.05, 0) is 34.1 Å². The molecule has 2 aromatic rings. The summed E-state index contributed by atoms with van der Waals surface area (Å²) < 4.78 is 19.4. The van der Waals surface area contributed by atoms with Gasteiger partial charge >= 0.3 is 0 Å². The molecule has 2 nitrogen and oxygen atoms in total. The number of halogens is 4. The van der Waals surface area contributed by atoms with Crippen molar-refractivity contribution in [3.63, 3.8) is 0 Å². The van der Waals surface area contributed by atoms with Crippen molar-refractivity contribution in [2.75, 3.05) is 5.73 Å². The second-order valence-electron chi connectivity index (χ2n) is 3.84. The number of hydrogen-bond acceptors (Lipinski definition) is 2. The van der Waals surface area contributed by atoms with E-state index in [9.17, 15) is 4.39 Å². The molecule has 0 saturated carbocycles. The van der Waals surface area contributed by atoms with E-state index in [0.29, 0.717) is 20.9 Å². The molecule has 0 spiro atoms. The van der Waals surface area contributed by atoms with Crippen LogP contribution < -0.4 is 10.5 Å². The topological polar surface area (TPSA) is 35.2 Å². The van der Waals surface area contributed by atoms with Gasteiger partial charge in [-0.15, -0.1) is 0 Å². The Bertz CT molecular complexity index is 622. The lowest BCUT2D eigenvalue weighted by Crippen LogP contribution is -1.98. The van der Waals surface area contributed by atoms with Gasteiger partial charge in [-0.1, -0.05) is 29.3 Å². The molecular formula is C13H9BrCl2FNO. The fourth-order valence-electron chi connectivity index (χ4n) is 1.45. The molecule has 100 valence electrons. The van der Waals surface area contributed by atoms with Gasteiger partial charge in [0.2, 0.25) is 0 Å². The van der Waals surface area contributed by atoms with Gasteiger partial charge in [0.25, 0.3) is 0 Å². The molecule has 0 atom stereocenters. The van der Waals surface area contributed by atoms with Crippen LogP contribution in [-0.2, 0) is 6.61 Å². The highest BCUT2D eigenvalue weighted by Gasteiger charge is 2.09. The minimum absolute atomic E-state index is 0.0322. The lowest BCUT2D eigenvalue weighted by Gasteiger charge is -2.10. The summed E-state index contributed by atoms with van der Waals surface area (Å²) in [5.74, 6) is -0.182. The molecule has 0 unspecified atom stereocenters. The number of ether oxygens (including phenoxy) is 1. The van der Waals surface area contributed by atoms with Crippen molar-refractivity contribution in [2.45, 2.75) is 6.61 Å². The fraction of sp³-hybridized carbons (Fsp3) is 0.0769.